The van der Waals surface area contributed by atoms with Crippen LogP contribution in [0.3, 0.4) is 0 Å². The van der Waals surface area contributed by atoms with Gasteiger partial charge in [0.2, 0.25) is 0 Å². The van der Waals surface area contributed by atoms with Crippen molar-refractivity contribution in [1.82, 2.24) is 5.32 Å². The summed E-state index contributed by atoms with van der Waals surface area (Å²) in [5.41, 5.74) is 0.825. The van der Waals surface area contributed by atoms with E-state index in [0.717, 1.165) is 25.6 Å². The maximum Gasteiger partial charge on any atom is 0.257 e. The van der Waals surface area contributed by atoms with Gasteiger partial charge in [-0.3, -0.25) is 4.79 Å². The van der Waals surface area contributed by atoms with Crippen molar-refractivity contribution in [3.05, 3.63) is 58.9 Å². The number of nitrogens with one attached hydrogen (secondary N) is 2. The summed E-state index contributed by atoms with van der Waals surface area (Å²) in [5.74, 6) is 0.261. The quantitative estimate of drug-likeness (QED) is 0.795. The lowest BCUT2D eigenvalue weighted by Gasteiger charge is -2.30. The Labute approximate surface area is 163 Å². The van der Waals surface area contributed by atoms with Crippen LogP contribution in [0.5, 0.6) is 5.75 Å². The summed E-state index contributed by atoms with van der Waals surface area (Å²) in [6, 6.07) is 10.9. The first-order chi connectivity index (χ1) is 12.0. The number of hydrogen-bond donors (Lipinski definition) is 2. The minimum Gasteiger partial charge on any atom is -0.490 e. The summed E-state index contributed by atoms with van der Waals surface area (Å²) >= 11 is 5.94. The van der Waals surface area contributed by atoms with Crippen LogP contribution in [0, 0.1) is 11.7 Å². The highest BCUT2D eigenvalue weighted by Gasteiger charge is 2.22. The number of anilines is 1. The number of hydrogen-bond acceptors (Lipinski definition) is 3. The van der Waals surface area contributed by atoms with E-state index >= 15 is 0 Å². The number of carbonyl (C=O) groups excluding carboxylic acids is 1. The highest BCUT2D eigenvalue weighted by atomic mass is 35.5. The molecule has 1 saturated heterocycles. The van der Waals surface area contributed by atoms with Crippen molar-refractivity contribution in [3.8, 4) is 5.75 Å². The Morgan fingerprint density at radius 1 is 1.31 bits per heavy atom. The molecule has 0 aromatic heterocycles. The molecule has 0 saturated carbocycles. The number of piperidine rings is 1. The number of carbonyl (C=O) groups is 1. The average Bonchev–Trinajstić information content (AvgIpc) is 2.57. The lowest BCUT2D eigenvalue weighted by molar-refractivity contribution is 0.102. The molecule has 0 bridgehead atoms. The second kappa shape index (κ2) is 9.21. The Kier molecular flexibility index (Phi) is 7.26. The monoisotopic (exact) mass is 398 g/mol. The van der Waals surface area contributed by atoms with E-state index in [2.05, 4.69) is 17.6 Å². The van der Waals surface area contributed by atoms with Crippen LogP contribution in [0.4, 0.5) is 10.1 Å². The molecule has 1 heterocycles. The van der Waals surface area contributed by atoms with Crippen molar-refractivity contribution in [3.63, 3.8) is 0 Å². The molecule has 0 aliphatic carbocycles. The smallest absolute Gasteiger partial charge is 0.257 e. The summed E-state index contributed by atoms with van der Waals surface area (Å²) in [4.78, 5) is 12.3. The highest BCUT2D eigenvalue weighted by molar-refractivity contribution is 6.34. The van der Waals surface area contributed by atoms with Gasteiger partial charge in [-0.25, -0.2) is 4.39 Å². The molecular formula is C19H21Cl2FN2O2. The molecule has 0 radical (unpaired) electrons. The zero-order valence-electron chi connectivity index (χ0n) is 14.3. The molecule has 1 fully saturated rings. The van der Waals surface area contributed by atoms with Crippen LogP contribution in [0.2, 0.25) is 5.02 Å². The Hall–Kier alpha value is -1.82. The predicted octanol–water partition coefficient (Wildman–Crippen LogP) is 4.53. The van der Waals surface area contributed by atoms with E-state index < -0.39 is 11.7 Å². The number of halogens is 3. The van der Waals surface area contributed by atoms with Crippen molar-refractivity contribution in [2.45, 2.75) is 19.4 Å². The minimum absolute atomic E-state index is 0. The first-order valence-electron chi connectivity index (χ1n) is 8.27. The van der Waals surface area contributed by atoms with Crippen LogP contribution in [0.25, 0.3) is 0 Å². The van der Waals surface area contributed by atoms with Gasteiger partial charge in [0.15, 0.2) is 0 Å². The standard InChI is InChI=1S/C19H20ClFN2O2.ClH/c1-12-11-22-8-7-18(12)25-15-4-2-3-14(10-15)23-19(24)16-6-5-13(21)9-17(16)20;/h2-6,9-10,12,18,22H,7-8,11H2,1H3,(H,23,24);1H/t12-,18+;/m0./s1. The van der Waals surface area contributed by atoms with Gasteiger partial charge in [0.05, 0.1) is 10.6 Å². The zero-order chi connectivity index (χ0) is 17.8. The number of ether oxygens (including phenoxy) is 1. The van der Waals surface area contributed by atoms with Gasteiger partial charge in [-0.1, -0.05) is 24.6 Å². The van der Waals surface area contributed by atoms with Gasteiger partial charge in [-0.15, -0.1) is 12.4 Å². The lowest BCUT2D eigenvalue weighted by atomic mass is 9.98. The molecule has 1 aliphatic rings. The molecule has 2 N–H and O–H groups in total. The second-order valence-electron chi connectivity index (χ2n) is 6.23. The maximum absolute atomic E-state index is 13.1. The van der Waals surface area contributed by atoms with Gasteiger partial charge >= 0.3 is 0 Å². The van der Waals surface area contributed by atoms with Crippen molar-refractivity contribution in [2.24, 2.45) is 5.92 Å². The number of amides is 1. The molecule has 1 aliphatic heterocycles. The fourth-order valence-corrected chi connectivity index (χ4v) is 3.11. The van der Waals surface area contributed by atoms with E-state index in [-0.39, 0.29) is 29.1 Å². The normalized spacial score (nSPS) is 19.3. The van der Waals surface area contributed by atoms with Crippen LogP contribution in [0.1, 0.15) is 23.7 Å². The van der Waals surface area contributed by atoms with Crippen molar-refractivity contribution in [1.29, 1.82) is 0 Å². The zero-order valence-corrected chi connectivity index (χ0v) is 15.9. The molecule has 1 amide bonds. The van der Waals surface area contributed by atoms with Crippen LogP contribution >= 0.6 is 24.0 Å². The number of benzene rings is 2. The maximum atomic E-state index is 13.1. The van der Waals surface area contributed by atoms with E-state index in [9.17, 15) is 9.18 Å². The molecular weight excluding hydrogens is 378 g/mol. The molecule has 2 atom stereocenters. The Morgan fingerprint density at radius 3 is 2.85 bits per heavy atom. The van der Waals surface area contributed by atoms with Crippen LogP contribution in [0.15, 0.2) is 42.5 Å². The molecule has 7 heteroatoms. The van der Waals surface area contributed by atoms with Gasteiger partial charge in [0.1, 0.15) is 17.7 Å². The van der Waals surface area contributed by atoms with Gasteiger partial charge in [0, 0.05) is 24.2 Å². The van der Waals surface area contributed by atoms with Gasteiger partial charge < -0.3 is 15.4 Å². The van der Waals surface area contributed by atoms with Crippen molar-refractivity contribution >= 4 is 35.6 Å². The Morgan fingerprint density at radius 2 is 2.12 bits per heavy atom. The summed E-state index contributed by atoms with van der Waals surface area (Å²) in [5, 5.41) is 6.19. The molecule has 0 spiro atoms. The summed E-state index contributed by atoms with van der Waals surface area (Å²) in [7, 11) is 0. The first-order valence-corrected chi connectivity index (χ1v) is 8.64. The first kappa shape index (κ1) is 20.5. The SMILES string of the molecule is C[C@H]1CNCC[C@H]1Oc1cccc(NC(=O)c2ccc(F)cc2Cl)c1.Cl. The lowest BCUT2D eigenvalue weighted by Crippen LogP contribution is -2.41. The fraction of sp³-hybridized carbons (Fsp3) is 0.316. The fourth-order valence-electron chi connectivity index (χ4n) is 2.86. The highest BCUT2D eigenvalue weighted by Crippen LogP contribution is 2.24. The predicted molar refractivity (Wildman–Crippen MR) is 104 cm³/mol. The molecule has 0 unspecified atom stereocenters. The van der Waals surface area contributed by atoms with Crippen LogP contribution in [-0.4, -0.2) is 25.1 Å². The third-order valence-corrected chi connectivity index (χ3v) is 4.57. The van der Waals surface area contributed by atoms with Crippen LogP contribution in [-0.2, 0) is 0 Å². The average molecular weight is 399 g/mol. The summed E-state index contributed by atoms with van der Waals surface area (Å²) in [6.07, 6.45) is 1.10. The van der Waals surface area contributed by atoms with E-state index in [1.807, 2.05) is 12.1 Å². The molecule has 2 aromatic carbocycles. The topological polar surface area (TPSA) is 50.4 Å². The molecule has 4 nitrogen and oxygen atoms in total. The molecule has 2 aromatic rings. The third kappa shape index (κ3) is 5.10. The molecule has 140 valence electrons. The van der Waals surface area contributed by atoms with Crippen molar-refractivity contribution in [2.75, 3.05) is 18.4 Å². The largest absolute Gasteiger partial charge is 0.490 e. The van der Waals surface area contributed by atoms with E-state index in [0.29, 0.717) is 17.4 Å². The van der Waals surface area contributed by atoms with Crippen molar-refractivity contribution < 1.29 is 13.9 Å². The molecule has 3 rings (SSSR count). The van der Waals surface area contributed by atoms with Gasteiger partial charge in [-0.2, -0.15) is 0 Å². The minimum atomic E-state index is -0.479. The van der Waals surface area contributed by atoms with Crippen LogP contribution < -0.4 is 15.4 Å². The van der Waals surface area contributed by atoms with Gasteiger partial charge in [0.25, 0.3) is 5.91 Å². The summed E-state index contributed by atoms with van der Waals surface area (Å²) in [6.45, 7) is 4.03. The number of rotatable bonds is 4. The van der Waals surface area contributed by atoms with E-state index in [1.54, 1.807) is 12.1 Å². The second-order valence-corrected chi connectivity index (χ2v) is 6.64. The van der Waals surface area contributed by atoms with E-state index in [1.165, 1.54) is 12.1 Å². The van der Waals surface area contributed by atoms with E-state index in [4.69, 9.17) is 16.3 Å². The Bertz CT molecular complexity index is 773. The third-order valence-electron chi connectivity index (χ3n) is 4.26. The summed E-state index contributed by atoms with van der Waals surface area (Å²) < 4.78 is 19.2. The molecule has 26 heavy (non-hydrogen) atoms. The Balaban J connectivity index is 0.00000243. The van der Waals surface area contributed by atoms with Gasteiger partial charge in [-0.05, 0) is 43.3 Å².